The minimum Gasteiger partial charge on any atom is -0.284 e. The fourth-order valence-electron chi connectivity index (χ4n) is 1.29. The average molecular weight is 272 g/mol. The quantitative estimate of drug-likeness (QED) is 0.898. The van der Waals surface area contributed by atoms with Crippen molar-refractivity contribution in [3.05, 3.63) is 41.2 Å². The summed E-state index contributed by atoms with van der Waals surface area (Å²) < 4.78 is 26.1. The number of halogens is 1. The van der Waals surface area contributed by atoms with Crippen LogP contribution in [-0.4, -0.2) is 18.6 Å². The minimum absolute atomic E-state index is 0.0640. The molecule has 0 aliphatic rings. The van der Waals surface area contributed by atoms with Crippen LogP contribution in [0, 0.1) is 6.92 Å². The Morgan fingerprint density at radius 1 is 1.41 bits per heavy atom. The van der Waals surface area contributed by atoms with Crippen LogP contribution in [-0.2, 0) is 10.0 Å². The monoisotopic (exact) mass is 271 g/mol. The third-order valence-corrected chi connectivity index (χ3v) is 3.80. The Bertz CT molecular complexity index is 623. The zero-order chi connectivity index (χ0) is 12.5. The Labute approximate surface area is 104 Å². The number of H-pyrrole nitrogens is 1. The van der Waals surface area contributed by atoms with Gasteiger partial charge in [0.2, 0.25) is 0 Å². The molecule has 17 heavy (non-hydrogen) atoms. The topological polar surface area (TPSA) is 74.8 Å². The van der Waals surface area contributed by atoms with Crippen LogP contribution in [0.25, 0.3) is 0 Å². The maximum Gasteiger partial charge on any atom is 0.265 e. The summed E-state index contributed by atoms with van der Waals surface area (Å²) in [6.07, 6.45) is 2.52. The Hall–Kier alpha value is -1.53. The van der Waals surface area contributed by atoms with Gasteiger partial charge in [0.1, 0.15) is 4.90 Å². The van der Waals surface area contributed by atoms with Crippen molar-refractivity contribution in [3.63, 3.8) is 0 Å². The molecule has 0 aliphatic carbocycles. The van der Waals surface area contributed by atoms with Crippen LogP contribution in [0.15, 0.2) is 35.5 Å². The number of aromatic amines is 1. The van der Waals surface area contributed by atoms with Crippen LogP contribution in [0.4, 0.5) is 5.69 Å². The second-order valence-corrected chi connectivity index (χ2v) is 5.61. The zero-order valence-corrected chi connectivity index (χ0v) is 10.5. The Kier molecular flexibility index (Phi) is 3.08. The fourth-order valence-corrected chi connectivity index (χ4v) is 2.62. The smallest absolute Gasteiger partial charge is 0.265 e. The summed E-state index contributed by atoms with van der Waals surface area (Å²) in [5.74, 6) is 0. The summed E-state index contributed by atoms with van der Waals surface area (Å²) in [6, 6.07) is 5.09. The largest absolute Gasteiger partial charge is 0.284 e. The van der Waals surface area contributed by atoms with E-state index in [1.807, 2.05) is 6.92 Å². The van der Waals surface area contributed by atoms with Gasteiger partial charge in [-0.15, -0.1) is 0 Å². The number of aryl methyl sites for hydroxylation is 1. The predicted octanol–water partition coefficient (Wildman–Crippen LogP) is 2.17. The van der Waals surface area contributed by atoms with E-state index in [9.17, 15) is 8.42 Å². The lowest BCUT2D eigenvalue weighted by Gasteiger charge is -2.08. The molecular weight excluding hydrogens is 262 g/mol. The van der Waals surface area contributed by atoms with E-state index in [0.29, 0.717) is 10.7 Å². The van der Waals surface area contributed by atoms with Crippen molar-refractivity contribution in [2.75, 3.05) is 4.72 Å². The molecule has 1 aromatic carbocycles. The van der Waals surface area contributed by atoms with Crippen molar-refractivity contribution in [1.82, 2.24) is 10.2 Å². The van der Waals surface area contributed by atoms with Crippen LogP contribution in [0.3, 0.4) is 0 Å². The molecule has 0 spiro atoms. The van der Waals surface area contributed by atoms with Crippen molar-refractivity contribution in [1.29, 1.82) is 0 Å². The highest BCUT2D eigenvalue weighted by Crippen LogP contribution is 2.25. The highest BCUT2D eigenvalue weighted by atomic mass is 35.5. The maximum absolute atomic E-state index is 11.9. The van der Waals surface area contributed by atoms with Crippen molar-refractivity contribution in [2.45, 2.75) is 11.8 Å². The van der Waals surface area contributed by atoms with E-state index in [2.05, 4.69) is 14.9 Å². The maximum atomic E-state index is 11.9. The third-order valence-electron chi connectivity index (χ3n) is 2.15. The van der Waals surface area contributed by atoms with Gasteiger partial charge >= 0.3 is 0 Å². The molecule has 0 fully saturated rings. The molecule has 2 aromatic rings. The number of aromatic nitrogens is 2. The van der Waals surface area contributed by atoms with E-state index in [0.717, 1.165) is 5.56 Å². The fraction of sp³-hybridized carbons (Fsp3) is 0.100. The molecule has 1 heterocycles. The molecule has 2 rings (SSSR count). The zero-order valence-electron chi connectivity index (χ0n) is 8.94. The van der Waals surface area contributed by atoms with E-state index in [1.165, 1.54) is 12.4 Å². The van der Waals surface area contributed by atoms with Crippen LogP contribution in [0.1, 0.15) is 5.56 Å². The Morgan fingerprint density at radius 3 is 2.76 bits per heavy atom. The summed E-state index contributed by atoms with van der Waals surface area (Å²) >= 11 is 5.95. The van der Waals surface area contributed by atoms with Crippen LogP contribution >= 0.6 is 11.6 Å². The molecule has 0 saturated heterocycles. The van der Waals surface area contributed by atoms with E-state index >= 15 is 0 Å². The first kappa shape index (κ1) is 11.9. The third kappa shape index (κ3) is 2.59. The highest BCUT2D eigenvalue weighted by molar-refractivity contribution is 7.92. The number of nitrogens with one attached hydrogen (secondary N) is 2. The van der Waals surface area contributed by atoms with Gasteiger partial charge in [0.05, 0.1) is 16.9 Å². The van der Waals surface area contributed by atoms with Gasteiger partial charge in [-0.2, -0.15) is 5.10 Å². The molecule has 0 atom stereocenters. The van der Waals surface area contributed by atoms with Gasteiger partial charge in [-0.05, 0) is 24.6 Å². The first-order chi connectivity index (χ1) is 7.99. The lowest BCUT2D eigenvalue weighted by Crippen LogP contribution is -2.12. The first-order valence-electron chi connectivity index (χ1n) is 4.77. The molecule has 0 unspecified atom stereocenters. The molecule has 7 heteroatoms. The van der Waals surface area contributed by atoms with Gasteiger partial charge in [-0.3, -0.25) is 9.82 Å². The van der Waals surface area contributed by atoms with Crippen LogP contribution < -0.4 is 4.72 Å². The van der Waals surface area contributed by atoms with Gasteiger partial charge in [0, 0.05) is 6.20 Å². The number of nitrogens with zero attached hydrogens (tertiary/aromatic N) is 1. The number of sulfonamides is 1. The number of benzene rings is 1. The minimum atomic E-state index is -3.63. The normalized spacial score (nSPS) is 11.4. The number of rotatable bonds is 3. The van der Waals surface area contributed by atoms with Crippen molar-refractivity contribution in [2.24, 2.45) is 0 Å². The van der Waals surface area contributed by atoms with Crippen molar-refractivity contribution in [3.8, 4) is 0 Å². The molecule has 90 valence electrons. The second kappa shape index (κ2) is 4.38. The van der Waals surface area contributed by atoms with Crippen LogP contribution in [0.2, 0.25) is 5.02 Å². The molecule has 0 radical (unpaired) electrons. The van der Waals surface area contributed by atoms with Gasteiger partial charge < -0.3 is 0 Å². The van der Waals surface area contributed by atoms with Gasteiger partial charge in [-0.1, -0.05) is 17.7 Å². The molecule has 2 N–H and O–H groups in total. The number of anilines is 1. The summed E-state index contributed by atoms with van der Waals surface area (Å²) in [4.78, 5) is 0.0640. The molecular formula is C10H10ClN3O2S. The molecule has 5 nitrogen and oxygen atoms in total. The summed E-state index contributed by atoms with van der Waals surface area (Å²) in [5.41, 5.74) is 1.31. The van der Waals surface area contributed by atoms with Gasteiger partial charge in [0.15, 0.2) is 0 Å². The average Bonchev–Trinajstić information content (AvgIpc) is 2.76. The number of hydrogen-bond acceptors (Lipinski definition) is 3. The molecule has 0 amide bonds. The molecule has 0 saturated carbocycles. The van der Waals surface area contributed by atoms with Crippen molar-refractivity contribution < 1.29 is 8.42 Å². The SMILES string of the molecule is Cc1ccc(NS(=O)(=O)c2cn[nH]c2)c(Cl)c1. The second-order valence-electron chi connectivity index (χ2n) is 3.52. The van der Waals surface area contributed by atoms with E-state index in [1.54, 1.807) is 18.2 Å². The van der Waals surface area contributed by atoms with E-state index in [4.69, 9.17) is 11.6 Å². The van der Waals surface area contributed by atoms with Crippen molar-refractivity contribution >= 4 is 27.3 Å². The lowest BCUT2D eigenvalue weighted by molar-refractivity contribution is 0.601. The molecule has 0 aliphatic heterocycles. The summed E-state index contributed by atoms with van der Waals surface area (Å²) in [5, 5.41) is 6.39. The highest BCUT2D eigenvalue weighted by Gasteiger charge is 2.16. The standard InChI is InChI=1S/C10H10ClN3O2S/c1-7-2-3-10(9(11)4-7)14-17(15,16)8-5-12-13-6-8/h2-6,14H,1H3,(H,12,13). The summed E-state index contributed by atoms with van der Waals surface area (Å²) in [6.45, 7) is 1.88. The Balaban J connectivity index is 2.33. The lowest BCUT2D eigenvalue weighted by atomic mass is 10.2. The summed E-state index contributed by atoms with van der Waals surface area (Å²) in [7, 11) is -3.63. The molecule has 1 aromatic heterocycles. The molecule has 0 bridgehead atoms. The van der Waals surface area contributed by atoms with Gasteiger partial charge in [0.25, 0.3) is 10.0 Å². The van der Waals surface area contributed by atoms with Crippen LogP contribution in [0.5, 0.6) is 0 Å². The predicted molar refractivity (Wildman–Crippen MR) is 65.6 cm³/mol. The Morgan fingerprint density at radius 2 is 2.18 bits per heavy atom. The van der Waals surface area contributed by atoms with Gasteiger partial charge in [-0.25, -0.2) is 8.42 Å². The van der Waals surface area contributed by atoms with E-state index < -0.39 is 10.0 Å². The first-order valence-corrected chi connectivity index (χ1v) is 6.63. The van der Waals surface area contributed by atoms with E-state index in [-0.39, 0.29) is 4.90 Å². The number of hydrogen-bond donors (Lipinski definition) is 2.